The number of carbonyl (C=O) groups excluding carboxylic acids is 1. The van der Waals surface area contributed by atoms with Crippen LogP contribution in [0.15, 0.2) is 5.11 Å². The van der Waals surface area contributed by atoms with E-state index >= 15 is 0 Å². The van der Waals surface area contributed by atoms with E-state index in [-0.39, 0.29) is 11.5 Å². The highest BCUT2D eigenvalue weighted by molar-refractivity contribution is 6.48. The van der Waals surface area contributed by atoms with Crippen LogP contribution in [0.3, 0.4) is 0 Å². The van der Waals surface area contributed by atoms with Crippen LogP contribution in [0.2, 0.25) is 13.1 Å². The Hall–Kier alpha value is -1.24. The summed E-state index contributed by atoms with van der Waals surface area (Å²) in [6, 6.07) is 0. The molecule has 8 heteroatoms. The van der Waals surface area contributed by atoms with Gasteiger partial charge in [-0.1, -0.05) is 25.9 Å². The van der Waals surface area contributed by atoms with E-state index in [4.69, 9.17) is 14.7 Å². The second-order valence-corrected chi connectivity index (χ2v) is 11.4. The Morgan fingerprint density at radius 1 is 1.31 bits per heavy atom. The molecular formula is C18H35N4O3Si. The molecule has 1 fully saturated rings. The number of ether oxygens (including phenoxy) is 1. The lowest BCUT2D eigenvalue weighted by Gasteiger charge is -2.40. The van der Waals surface area contributed by atoms with Crippen LogP contribution >= 0.6 is 0 Å². The molecule has 7 nitrogen and oxygen atoms in total. The molecule has 1 radical (unpaired) electrons. The van der Waals surface area contributed by atoms with Gasteiger partial charge in [0.1, 0.15) is 11.3 Å². The van der Waals surface area contributed by atoms with E-state index in [9.17, 15) is 4.79 Å². The van der Waals surface area contributed by atoms with Gasteiger partial charge in [0.05, 0.1) is 0 Å². The van der Waals surface area contributed by atoms with Crippen LogP contribution in [-0.4, -0.2) is 44.4 Å². The van der Waals surface area contributed by atoms with Gasteiger partial charge in [-0.2, -0.15) is 0 Å². The van der Waals surface area contributed by atoms with E-state index in [1.165, 1.54) is 0 Å². The van der Waals surface area contributed by atoms with Crippen LogP contribution in [0, 0.1) is 11.3 Å². The SMILES string of the molecule is C[Si](C)O[C@]1(CCCN=[N+]=[N-])C[C@H](C(C)(C)C)CN1C(=O)OC(C)(C)C. The Labute approximate surface area is 159 Å². The third kappa shape index (κ3) is 6.48. The summed E-state index contributed by atoms with van der Waals surface area (Å²) in [4.78, 5) is 17.6. The zero-order valence-corrected chi connectivity index (χ0v) is 18.6. The quantitative estimate of drug-likeness (QED) is 0.204. The van der Waals surface area contributed by atoms with Crippen molar-refractivity contribution in [2.75, 3.05) is 13.1 Å². The van der Waals surface area contributed by atoms with Crippen molar-refractivity contribution in [2.45, 2.75) is 85.2 Å². The fraction of sp³-hybridized carbons (Fsp3) is 0.944. The van der Waals surface area contributed by atoms with Gasteiger partial charge in [0.2, 0.25) is 9.04 Å². The first-order valence-electron chi connectivity index (χ1n) is 9.31. The topological polar surface area (TPSA) is 87.5 Å². The minimum Gasteiger partial charge on any atom is -0.444 e. The first kappa shape index (κ1) is 22.8. The number of hydrogen-bond acceptors (Lipinski definition) is 4. The van der Waals surface area contributed by atoms with Gasteiger partial charge in [-0.3, -0.25) is 4.90 Å². The smallest absolute Gasteiger partial charge is 0.412 e. The number of likely N-dealkylation sites (tertiary alicyclic amines) is 1. The molecule has 0 unspecified atom stereocenters. The Morgan fingerprint density at radius 3 is 2.38 bits per heavy atom. The summed E-state index contributed by atoms with van der Waals surface area (Å²) in [7, 11) is -1.05. The molecule has 0 N–H and O–H groups in total. The Morgan fingerprint density at radius 2 is 1.92 bits per heavy atom. The number of hydrogen-bond donors (Lipinski definition) is 0. The van der Waals surface area contributed by atoms with Crippen molar-refractivity contribution >= 4 is 15.1 Å². The fourth-order valence-corrected chi connectivity index (χ4v) is 4.38. The second kappa shape index (κ2) is 8.63. The van der Waals surface area contributed by atoms with E-state index in [2.05, 4.69) is 43.9 Å². The number of amides is 1. The van der Waals surface area contributed by atoms with Crippen molar-refractivity contribution in [1.82, 2.24) is 4.90 Å². The Kier molecular flexibility index (Phi) is 7.57. The molecule has 0 aromatic rings. The summed E-state index contributed by atoms with van der Waals surface area (Å²) in [5.74, 6) is 0.316. The summed E-state index contributed by atoms with van der Waals surface area (Å²) in [6.45, 7) is 17.4. The van der Waals surface area contributed by atoms with Gasteiger partial charge in [0.15, 0.2) is 0 Å². The highest BCUT2D eigenvalue weighted by atomic mass is 28.3. The molecule has 0 saturated carbocycles. The van der Waals surface area contributed by atoms with Crippen LogP contribution in [0.1, 0.15) is 60.8 Å². The van der Waals surface area contributed by atoms with Gasteiger partial charge >= 0.3 is 6.09 Å². The van der Waals surface area contributed by atoms with E-state index in [1.54, 1.807) is 4.90 Å². The summed E-state index contributed by atoms with van der Waals surface area (Å²) >= 11 is 0. The zero-order chi connectivity index (χ0) is 20.2. The van der Waals surface area contributed by atoms with Crippen LogP contribution < -0.4 is 0 Å². The lowest BCUT2D eigenvalue weighted by atomic mass is 9.78. The molecule has 0 aliphatic carbocycles. The van der Waals surface area contributed by atoms with E-state index in [0.717, 1.165) is 6.42 Å². The van der Waals surface area contributed by atoms with E-state index in [0.29, 0.717) is 31.8 Å². The number of azide groups is 1. The molecule has 1 aliphatic heterocycles. The second-order valence-electron chi connectivity index (χ2n) is 9.37. The molecule has 0 aromatic carbocycles. The van der Waals surface area contributed by atoms with Gasteiger partial charge in [0.25, 0.3) is 0 Å². The lowest BCUT2D eigenvalue weighted by Crippen LogP contribution is -2.52. The van der Waals surface area contributed by atoms with Crippen LogP contribution in [0.25, 0.3) is 10.4 Å². The van der Waals surface area contributed by atoms with Crippen LogP contribution in [0.5, 0.6) is 0 Å². The predicted molar refractivity (Wildman–Crippen MR) is 105 cm³/mol. The highest BCUT2D eigenvalue weighted by Crippen LogP contribution is 2.46. The number of carbonyl (C=O) groups is 1. The van der Waals surface area contributed by atoms with Crippen molar-refractivity contribution in [3.05, 3.63) is 10.4 Å². The molecule has 1 rings (SSSR count). The molecule has 0 bridgehead atoms. The molecule has 26 heavy (non-hydrogen) atoms. The van der Waals surface area contributed by atoms with Gasteiger partial charge in [-0.05, 0) is 70.0 Å². The maximum absolute atomic E-state index is 13.0. The molecule has 0 spiro atoms. The van der Waals surface area contributed by atoms with E-state index in [1.807, 2.05) is 20.8 Å². The minimum atomic E-state index is -1.05. The molecule has 1 heterocycles. The van der Waals surface area contributed by atoms with Gasteiger partial charge < -0.3 is 9.16 Å². The van der Waals surface area contributed by atoms with Crippen molar-refractivity contribution in [1.29, 1.82) is 0 Å². The molecule has 2 atom stereocenters. The highest BCUT2D eigenvalue weighted by Gasteiger charge is 2.52. The van der Waals surface area contributed by atoms with Crippen molar-refractivity contribution in [3.8, 4) is 0 Å². The van der Waals surface area contributed by atoms with E-state index < -0.39 is 20.4 Å². The molecule has 1 aliphatic rings. The first-order valence-corrected chi connectivity index (χ1v) is 11.7. The third-order valence-corrected chi connectivity index (χ3v) is 5.37. The first-order chi connectivity index (χ1) is 11.8. The fourth-order valence-electron chi connectivity index (χ4n) is 3.32. The monoisotopic (exact) mass is 383 g/mol. The lowest BCUT2D eigenvalue weighted by molar-refractivity contribution is -0.0735. The maximum Gasteiger partial charge on any atom is 0.412 e. The summed E-state index contributed by atoms with van der Waals surface area (Å²) < 4.78 is 12.1. The van der Waals surface area contributed by atoms with Crippen LogP contribution in [-0.2, 0) is 9.16 Å². The molecule has 149 valence electrons. The van der Waals surface area contributed by atoms with Gasteiger partial charge in [0, 0.05) is 18.0 Å². The average Bonchev–Trinajstić information content (AvgIpc) is 2.81. The average molecular weight is 384 g/mol. The molecule has 1 saturated heterocycles. The van der Waals surface area contributed by atoms with Gasteiger partial charge in [-0.25, -0.2) is 4.79 Å². The Balaban J connectivity index is 3.17. The van der Waals surface area contributed by atoms with Crippen molar-refractivity contribution < 1.29 is 14.0 Å². The normalized spacial score (nSPS) is 23.9. The number of nitrogens with zero attached hydrogens (tertiary/aromatic N) is 4. The number of rotatable bonds is 6. The van der Waals surface area contributed by atoms with Gasteiger partial charge in [-0.15, -0.1) is 0 Å². The Bertz CT molecular complexity index is 536. The summed E-state index contributed by atoms with van der Waals surface area (Å²) in [5, 5.41) is 3.64. The standard InChI is InChI=1S/C18H35N4O3Si/c1-16(2,3)14-12-18(25-26(7)8,10-9-11-20-21-19)22(13-14)15(23)24-17(4,5)6/h14H,9-13H2,1-8H3/t14-,18+/m0/s1. The van der Waals surface area contributed by atoms with Crippen molar-refractivity contribution in [3.63, 3.8) is 0 Å². The zero-order valence-electron chi connectivity index (χ0n) is 17.6. The molecule has 0 aromatic heterocycles. The molecular weight excluding hydrogens is 348 g/mol. The predicted octanol–water partition coefficient (Wildman–Crippen LogP) is 5.34. The maximum atomic E-state index is 13.0. The largest absolute Gasteiger partial charge is 0.444 e. The minimum absolute atomic E-state index is 0.0601. The van der Waals surface area contributed by atoms with Crippen molar-refractivity contribution in [2.24, 2.45) is 16.4 Å². The van der Waals surface area contributed by atoms with Crippen LogP contribution in [0.4, 0.5) is 4.79 Å². The summed E-state index contributed by atoms with van der Waals surface area (Å²) in [6.07, 6.45) is 1.78. The third-order valence-electron chi connectivity index (χ3n) is 4.58. The molecule has 1 amide bonds. The summed E-state index contributed by atoms with van der Waals surface area (Å²) in [5.41, 5.74) is 7.36.